The number of rotatable bonds is 5. The molecular weight excluding hydrogens is 210 g/mol. The molecule has 1 aromatic rings. The van der Waals surface area contributed by atoms with Crippen LogP contribution in [0.4, 0.5) is 0 Å². The molecule has 0 radical (unpaired) electrons. The van der Waals surface area contributed by atoms with Crippen LogP contribution in [0, 0.1) is 0 Å². The van der Waals surface area contributed by atoms with Gasteiger partial charge in [0, 0.05) is 33.7 Å². The van der Waals surface area contributed by atoms with Crippen molar-refractivity contribution in [2.24, 2.45) is 0 Å². The molecule has 0 saturated carbocycles. The van der Waals surface area contributed by atoms with Gasteiger partial charge in [-0.15, -0.1) is 0 Å². The Hall–Kier alpha value is -0.623. The highest BCUT2D eigenvalue weighted by molar-refractivity contribution is 6.13. The van der Waals surface area contributed by atoms with E-state index in [9.17, 15) is 0 Å². The lowest BCUT2D eigenvalue weighted by molar-refractivity contribution is -0.297. The van der Waals surface area contributed by atoms with E-state index in [1.54, 1.807) is 21.3 Å². The van der Waals surface area contributed by atoms with Crippen molar-refractivity contribution in [2.75, 3.05) is 21.3 Å². The topological polar surface area (TPSA) is 32.6 Å². The molecule has 0 N–H and O–H groups in total. The lowest BCUT2D eigenvalue weighted by Crippen LogP contribution is -2.57. The zero-order valence-corrected chi connectivity index (χ0v) is 12.0. The molecule has 1 heterocycles. The second kappa shape index (κ2) is 4.48. The Kier molecular flexibility index (Phi) is 3.72. The molecule has 5 heteroatoms. The van der Waals surface area contributed by atoms with Crippen molar-refractivity contribution in [3.63, 3.8) is 0 Å². The molecule has 0 aliphatic rings. The van der Waals surface area contributed by atoms with Crippen molar-refractivity contribution in [3.8, 4) is 0 Å². The molecule has 15 heavy (non-hydrogen) atoms. The first kappa shape index (κ1) is 12.4. The van der Waals surface area contributed by atoms with Crippen molar-refractivity contribution in [3.05, 3.63) is 24.5 Å². The molecule has 0 aliphatic carbocycles. The summed E-state index contributed by atoms with van der Waals surface area (Å²) in [5, 5.41) is -0.569. The van der Waals surface area contributed by atoms with Gasteiger partial charge in [0.1, 0.15) is 0 Å². The van der Waals surface area contributed by atoms with Crippen molar-refractivity contribution in [1.29, 1.82) is 0 Å². The smallest absolute Gasteiger partial charge is 0.209 e. The molecule has 1 aromatic heterocycles. The van der Waals surface area contributed by atoms with Crippen LogP contribution in [0.5, 0.6) is 0 Å². The molecule has 0 aliphatic heterocycles. The molecule has 86 valence electrons. The van der Waals surface area contributed by atoms with E-state index in [0.29, 0.717) is 0 Å². The average Bonchev–Trinajstić information content (AvgIpc) is 2.80. The molecule has 0 saturated heterocycles. The standard InChI is InChI=1S/C10H19NO3Si/c1-9(12-2,13-3)10(15,14-4)11-7-5-6-8-11/h5-8H,1-4,15H3. The average molecular weight is 229 g/mol. The second-order valence-corrected chi connectivity index (χ2v) is 4.99. The summed E-state index contributed by atoms with van der Waals surface area (Å²) in [6.07, 6.45) is 3.90. The van der Waals surface area contributed by atoms with Gasteiger partial charge in [-0.25, -0.2) is 0 Å². The van der Waals surface area contributed by atoms with Crippen LogP contribution in [-0.2, 0) is 19.6 Å². The van der Waals surface area contributed by atoms with Gasteiger partial charge in [0.15, 0.2) is 5.35 Å². The second-order valence-electron chi connectivity index (χ2n) is 3.63. The predicted molar refractivity (Wildman–Crippen MR) is 61.8 cm³/mol. The Morgan fingerprint density at radius 1 is 1.00 bits per heavy atom. The van der Waals surface area contributed by atoms with E-state index >= 15 is 0 Å². The van der Waals surface area contributed by atoms with Crippen LogP contribution in [0.2, 0.25) is 0 Å². The Morgan fingerprint density at radius 3 is 1.80 bits per heavy atom. The van der Waals surface area contributed by atoms with Gasteiger partial charge in [0.25, 0.3) is 0 Å². The molecule has 4 nitrogen and oxygen atoms in total. The first-order valence-corrected chi connectivity index (χ1v) is 5.83. The van der Waals surface area contributed by atoms with Gasteiger partial charge in [-0.1, -0.05) is 0 Å². The maximum Gasteiger partial charge on any atom is 0.209 e. The minimum Gasteiger partial charge on any atom is -0.358 e. The summed E-state index contributed by atoms with van der Waals surface area (Å²) < 4.78 is 18.4. The summed E-state index contributed by atoms with van der Waals surface area (Å²) in [4.78, 5) is 0. The summed E-state index contributed by atoms with van der Waals surface area (Å²) in [6, 6.07) is 3.91. The van der Waals surface area contributed by atoms with Gasteiger partial charge in [0.2, 0.25) is 5.79 Å². The first-order valence-electron chi connectivity index (χ1n) is 4.83. The SMILES string of the molecule is COC(C)(OC)C([SiH3])(OC)n1cccc1. The van der Waals surface area contributed by atoms with Gasteiger partial charge < -0.3 is 18.8 Å². The van der Waals surface area contributed by atoms with Crippen molar-refractivity contribution >= 4 is 10.2 Å². The lowest BCUT2D eigenvalue weighted by atomic mass is 10.2. The van der Waals surface area contributed by atoms with E-state index in [1.165, 1.54) is 0 Å². The van der Waals surface area contributed by atoms with Gasteiger partial charge in [-0.05, 0) is 19.1 Å². The van der Waals surface area contributed by atoms with Gasteiger partial charge in [-0.3, -0.25) is 0 Å². The normalized spacial score (nSPS) is 16.5. The van der Waals surface area contributed by atoms with E-state index < -0.39 is 11.1 Å². The third-order valence-corrected chi connectivity index (χ3v) is 4.95. The minimum atomic E-state index is -0.785. The fourth-order valence-corrected chi connectivity index (χ4v) is 2.31. The summed E-state index contributed by atoms with van der Waals surface area (Å²) in [7, 11) is 5.66. The summed E-state index contributed by atoms with van der Waals surface area (Å²) in [6.45, 7) is 1.88. The summed E-state index contributed by atoms with van der Waals surface area (Å²) in [5.74, 6) is -0.785. The van der Waals surface area contributed by atoms with Crippen molar-refractivity contribution < 1.29 is 14.2 Å². The predicted octanol–water partition coefficient (Wildman–Crippen LogP) is 0.119. The maximum absolute atomic E-state index is 5.60. The highest BCUT2D eigenvalue weighted by Gasteiger charge is 2.47. The van der Waals surface area contributed by atoms with Crippen LogP contribution >= 0.6 is 0 Å². The highest BCUT2D eigenvalue weighted by Crippen LogP contribution is 2.31. The Labute approximate surface area is 93.6 Å². The number of hydrogen-bond acceptors (Lipinski definition) is 3. The maximum atomic E-state index is 5.60. The van der Waals surface area contributed by atoms with Gasteiger partial charge in [-0.2, -0.15) is 0 Å². The van der Waals surface area contributed by atoms with E-state index in [-0.39, 0.29) is 0 Å². The van der Waals surface area contributed by atoms with Gasteiger partial charge >= 0.3 is 0 Å². The van der Waals surface area contributed by atoms with Crippen LogP contribution in [0.25, 0.3) is 0 Å². The molecule has 0 bridgehead atoms. The van der Waals surface area contributed by atoms with Gasteiger partial charge in [0.05, 0.1) is 10.2 Å². The number of nitrogens with zero attached hydrogens (tertiary/aromatic N) is 1. The number of ether oxygens (including phenoxy) is 3. The monoisotopic (exact) mass is 229 g/mol. The molecule has 0 aromatic carbocycles. The van der Waals surface area contributed by atoms with Crippen molar-refractivity contribution in [2.45, 2.75) is 18.1 Å². The van der Waals surface area contributed by atoms with Crippen LogP contribution in [0.3, 0.4) is 0 Å². The van der Waals surface area contributed by atoms with E-state index in [2.05, 4.69) is 0 Å². The number of aromatic nitrogens is 1. The zero-order chi connectivity index (χ0) is 11.5. The largest absolute Gasteiger partial charge is 0.358 e. The van der Waals surface area contributed by atoms with Crippen molar-refractivity contribution in [1.82, 2.24) is 4.57 Å². The number of methoxy groups -OCH3 is 3. The molecule has 0 amide bonds. The Bertz CT molecular complexity index is 298. The third kappa shape index (κ3) is 1.88. The van der Waals surface area contributed by atoms with Crippen LogP contribution in [-0.4, -0.2) is 41.9 Å². The Balaban J connectivity index is 3.15. The van der Waals surface area contributed by atoms with E-state index in [0.717, 1.165) is 10.2 Å². The van der Waals surface area contributed by atoms with Crippen LogP contribution < -0.4 is 0 Å². The number of hydrogen-bond donors (Lipinski definition) is 0. The summed E-state index contributed by atoms with van der Waals surface area (Å²) >= 11 is 0. The minimum absolute atomic E-state index is 0.569. The molecule has 0 spiro atoms. The van der Waals surface area contributed by atoms with E-state index in [1.807, 2.05) is 36.0 Å². The molecular formula is C10H19NO3Si. The fourth-order valence-electron chi connectivity index (χ4n) is 1.61. The van der Waals surface area contributed by atoms with E-state index in [4.69, 9.17) is 14.2 Å². The van der Waals surface area contributed by atoms with Crippen LogP contribution in [0.1, 0.15) is 6.92 Å². The first-order chi connectivity index (χ1) is 7.04. The van der Waals surface area contributed by atoms with Crippen LogP contribution in [0.15, 0.2) is 24.5 Å². The molecule has 1 unspecified atom stereocenters. The summed E-state index contributed by atoms with van der Waals surface area (Å²) in [5.41, 5.74) is 0. The fraction of sp³-hybridized carbons (Fsp3) is 0.600. The quantitative estimate of drug-likeness (QED) is 0.531. The molecule has 1 atom stereocenters. The zero-order valence-electron chi connectivity index (χ0n) is 9.98. The molecule has 1 rings (SSSR count). The molecule has 0 fully saturated rings. The Morgan fingerprint density at radius 2 is 1.47 bits per heavy atom. The third-order valence-electron chi connectivity index (χ3n) is 3.12. The lowest BCUT2D eigenvalue weighted by Gasteiger charge is -2.44. The highest BCUT2D eigenvalue weighted by atomic mass is 28.1.